The number of thioether (sulfide) groups is 1. The normalized spacial score (nSPS) is 18.6. The number of carbonyl (C=O) groups is 1. The lowest BCUT2D eigenvalue weighted by Crippen LogP contribution is -2.35. The summed E-state index contributed by atoms with van der Waals surface area (Å²) in [5.41, 5.74) is 2.65. The van der Waals surface area contributed by atoms with Crippen LogP contribution in [0.25, 0.3) is 0 Å². The summed E-state index contributed by atoms with van der Waals surface area (Å²) < 4.78 is 7.72. The molecule has 0 N–H and O–H groups in total. The number of hydrogen-bond donors (Lipinski definition) is 0. The van der Waals surface area contributed by atoms with Crippen LogP contribution < -0.4 is 4.90 Å². The van der Waals surface area contributed by atoms with Gasteiger partial charge in [0.25, 0.3) is 0 Å². The molecule has 3 heterocycles. The van der Waals surface area contributed by atoms with E-state index in [0.29, 0.717) is 12.3 Å². The van der Waals surface area contributed by atoms with Crippen molar-refractivity contribution in [2.45, 2.75) is 56.8 Å². The molecule has 5 rings (SSSR count). The van der Waals surface area contributed by atoms with Gasteiger partial charge >= 0.3 is 0 Å². The van der Waals surface area contributed by atoms with Crippen LogP contribution >= 0.6 is 11.8 Å². The van der Waals surface area contributed by atoms with E-state index in [-0.39, 0.29) is 11.9 Å². The second-order valence-corrected chi connectivity index (χ2v) is 10.5. The van der Waals surface area contributed by atoms with Crippen LogP contribution in [0.2, 0.25) is 0 Å². The lowest BCUT2D eigenvalue weighted by molar-refractivity contribution is -0.129. The van der Waals surface area contributed by atoms with Crippen LogP contribution in [0.4, 0.5) is 5.95 Å². The van der Waals surface area contributed by atoms with E-state index in [4.69, 9.17) is 4.42 Å². The summed E-state index contributed by atoms with van der Waals surface area (Å²) in [5, 5.41) is 9.79. The molecule has 3 aromatic rings. The Kier molecular flexibility index (Phi) is 6.94. The van der Waals surface area contributed by atoms with E-state index >= 15 is 0 Å². The van der Waals surface area contributed by atoms with Crippen LogP contribution in [-0.4, -0.2) is 51.5 Å². The monoisotopic (exact) mass is 479 g/mol. The standard InChI is InChI=1S/C26H33N5O2S/c1-19-12-14-30(15-13-19)25-27-28-26(31(25)17-21-9-6-16-33-21)34-18-24(32)29(2)23-11-5-8-20-7-3-4-10-22(20)23/h3-4,6-7,9-10,16,19,23H,5,8,11-15,17-18H2,1-2H3. The molecular weight excluding hydrogens is 446 g/mol. The first-order chi connectivity index (χ1) is 16.6. The number of amides is 1. The number of rotatable bonds is 7. The van der Waals surface area contributed by atoms with Gasteiger partial charge in [-0.3, -0.25) is 9.36 Å². The summed E-state index contributed by atoms with van der Waals surface area (Å²) in [6.07, 6.45) is 7.22. The molecule has 1 amide bonds. The maximum atomic E-state index is 13.2. The Morgan fingerprint density at radius 2 is 1.97 bits per heavy atom. The molecular formula is C26H33N5O2S. The largest absolute Gasteiger partial charge is 0.467 e. The fourth-order valence-corrected chi connectivity index (χ4v) is 5.92. The van der Waals surface area contributed by atoms with E-state index < -0.39 is 0 Å². The van der Waals surface area contributed by atoms with Gasteiger partial charge in [-0.15, -0.1) is 10.2 Å². The molecule has 1 aliphatic heterocycles. The molecule has 0 saturated carbocycles. The Labute approximate surface area is 205 Å². The van der Waals surface area contributed by atoms with Crippen molar-refractivity contribution in [2.75, 3.05) is 30.8 Å². The van der Waals surface area contributed by atoms with Crippen molar-refractivity contribution in [1.82, 2.24) is 19.7 Å². The third-order valence-corrected chi connectivity index (χ3v) is 8.13. The zero-order chi connectivity index (χ0) is 23.5. The summed E-state index contributed by atoms with van der Waals surface area (Å²) in [4.78, 5) is 17.5. The number of fused-ring (bicyclic) bond motifs is 1. The molecule has 1 aliphatic carbocycles. The molecule has 1 aromatic carbocycles. The summed E-state index contributed by atoms with van der Waals surface area (Å²) in [6, 6.07) is 12.5. The number of aromatic nitrogens is 3. The van der Waals surface area contributed by atoms with Gasteiger partial charge in [-0.1, -0.05) is 43.0 Å². The highest BCUT2D eigenvalue weighted by atomic mass is 32.2. The van der Waals surface area contributed by atoms with Crippen LogP contribution in [0.15, 0.2) is 52.2 Å². The molecule has 34 heavy (non-hydrogen) atoms. The molecule has 1 unspecified atom stereocenters. The molecule has 1 atom stereocenters. The van der Waals surface area contributed by atoms with Gasteiger partial charge < -0.3 is 14.2 Å². The summed E-state index contributed by atoms with van der Waals surface area (Å²) >= 11 is 1.47. The molecule has 2 aliphatic rings. The van der Waals surface area contributed by atoms with E-state index in [9.17, 15) is 4.79 Å². The highest BCUT2D eigenvalue weighted by Crippen LogP contribution is 2.34. The Hall–Kier alpha value is -2.74. The minimum absolute atomic E-state index is 0.118. The minimum Gasteiger partial charge on any atom is -0.467 e. The molecule has 0 bridgehead atoms. The van der Waals surface area contributed by atoms with Crippen molar-refractivity contribution in [3.05, 3.63) is 59.5 Å². The first-order valence-corrected chi connectivity index (χ1v) is 13.3. The predicted octanol–water partition coefficient (Wildman–Crippen LogP) is 4.78. The maximum absolute atomic E-state index is 13.2. The fourth-order valence-electron chi connectivity index (χ4n) is 5.06. The number of nitrogens with zero attached hydrogens (tertiary/aromatic N) is 5. The number of carbonyl (C=O) groups excluding carboxylic acids is 1. The number of hydrogen-bond acceptors (Lipinski definition) is 6. The van der Waals surface area contributed by atoms with E-state index in [2.05, 4.69) is 50.9 Å². The SMILES string of the molecule is CC1CCN(c2nnc(SCC(=O)N(C)C3CCCc4ccccc43)n2Cc2ccco2)CC1. The van der Waals surface area contributed by atoms with Crippen molar-refractivity contribution < 1.29 is 9.21 Å². The minimum atomic E-state index is 0.118. The lowest BCUT2D eigenvalue weighted by Gasteiger charge is -2.33. The zero-order valence-electron chi connectivity index (χ0n) is 20.0. The highest BCUT2D eigenvalue weighted by molar-refractivity contribution is 7.99. The van der Waals surface area contributed by atoms with Crippen molar-refractivity contribution in [1.29, 1.82) is 0 Å². The van der Waals surface area contributed by atoms with E-state index in [1.165, 1.54) is 22.9 Å². The van der Waals surface area contributed by atoms with Crippen molar-refractivity contribution in [3.8, 4) is 0 Å². The molecule has 1 fully saturated rings. The van der Waals surface area contributed by atoms with Crippen molar-refractivity contribution >= 4 is 23.6 Å². The van der Waals surface area contributed by atoms with E-state index in [1.54, 1.807) is 6.26 Å². The average molecular weight is 480 g/mol. The third-order valence-electron chi connectivity index (χ3n) is 7.18. The van der Waals surface area contributed by atoms with Crippen LogP contribution in [0, 0.1) is 5.92 Å². The molecule has 8 heteroatoms. The third kappa shape index (κ3) is 4.87. The van der Waals surface area contributed by atoms with Gasteiger partial charge in [0, 0.05) is 20.1 Å². The van der Waals surface area contributed by atoms with Gasteiger partial charge in [-0.25, -0.2) is 0 Å². The van der Waals surface area contributed by atoms with Crippen molar-refractivity contribution in [2.24, 2.45) is 5.92 Å². The average Bonchev–Trinajstić information content (AvgIpc) is 3.53. The van der Waals surface area contributed by atoms with E-state index in [1.807, 2.05) is 24.1 Å². The van der Waals surface area contributed by atoms with Gasteiger partial charge in [0.1, 0.15) is 5.76 Å². The molecule has 7 nitrogen and oxygen atoms in total. The van der Waals surface area contributed by atoms with Crippen LogP contribution in [0.5, 0.6) is 0 Å². The van der Waals surface area contributed by atoms with Crippen molar-refractivity contribution in [3.63, 3.8) is 0 Å². The van der Waals surface area contributed by atoms with Gasteiger partial charge in [-0.05, 0) is 61.3 Å². The van der Waals surface area contributed by atoms with E-state index in [0.717, 1.165) is 68.0 Å². The molecule has 1 saturated heterocycles. The Bertz CT molecular complexity index is 1100. The van der Waals surface area contributed by atoms with Crippen LogP contribution in [0.3, 0.4) is 0 Å². The fraction of sp³-hybridized carbons (Fsp3) is 0.500. The lowest BCUT2D eigenvalue weighted by atomic mass is 9.87. The molecule has 180 valence electrons. The second-order valence-electron chi connectivity index (χ2n) is 9.52. The first kappa shape index (κ1) is 23.0. The van der Waals surface area contributed by atoms with Gasteiger partial charge in [-0.2, -0.15) is 0 Å². The number of anilines is 1. The Balaban J connectivity index is 1.30. The first-order valence-electron chi connectivity index (χ1n) is 12.3. The summed E-state index contributed by atoms with van der Waals surface area (Å²) in [7, 11) is 1.93. The van der Waals surface area contributed by atoms with Gasteiger partial charge in [0.05, 0.1) is 24.6 Å². The van der Waals surface area contributed by atoms with Gasteiger partial charge in [0.15, 0.2) is 5.16 Å². The zero-order valence-corrected chi connectivity index (χ0v) is 20.8. The Morgan fingerprint density at radius 3 is 2.76 bits per heavy atom. The Morgan fingerprint density at radius 1 is 1.15 bits per heavy atom. The molecule has 0 spiro atoms. The smallest absolute Gasteiger partial charge is 0.233 e. The van der Waals surface area contributed by atoms with Crippen LogP contribution in [-0.2, 0) is 17.8 Å². The number of benzene rings is 1. The summed E-state index contributed by atoms with van der Waals surface area (Å²) in [5.74, 6) is 2.92. The topological polar surface area (TPSA) is 67.4 Å². The predicted molar refractivity (Wildman–Crippen MR) is 134 cm³/mol. The van der Waals surface area contributed by atoms with Gasteiger partial charge in [0.2, 0.25) is 11.9 Å². The quantitative estimate of drug-likeness (QED) is 0.454. The maximum Gasteiger partial charge on any atom is 0.233 e. The second kappa shape index (κ2) is 10.3. The number of piperidine rings is 1. The summed E-state index contributed by atoms with van der Waals surface area (Å²) in [6.45, 7) is 4.82. The molecule has 2 aromatic heterocycles. The number of furan rings is 1. The number of aryl methyl sites for hydroxylation is 1. The van der Waals surface area contributed by atoms with Crippen LogP contribution in [0.1, 0.15) is 55.5 Å². The highest BCUT2D eigenvalue weighted by Gasteiger charge is 2.28. The molecule has 0 radical (unpaired) electrons.